The minimum Gasteiger partial charge on any atom is -0.390 e. The highest BCUT2D eigenvalue weighted by Gasteiger charge is 2.34. The number of aliphatic hydroxyl groups excluding tert-OH is 1. The molecule has 2 atom stereocenters. The summed E-state index contributed by atoms with van der Waals surface area (Å²) in [5.41, 5.74) is 0.570. The molecule has 0 radical (unpaired) electrons. The molecule has 0 aliphatic carbocycles. The number of aliphatic hydroxyl groups is 1. The van der Waals surface area contributed by atoms with Crippen LogP contribution in [0.2, 0.25) is 5.02 Å². The molecule has 104 valence electrons. The summed E-state index contributed by atoms with van der Waals surface area (Å²) in [5.74, 6) is 0.938. The van der Waals surface area contributed by atoms with Gasteiger partial charge in [0.05, 0.1) is 17.3 Å². The van der Waals surface area contributed by atoms with E-state index in [-0.39, 0.29) is 6.61 Å². The molecule has 3 rings (SSSR count). The van der Waals surface area contributed by atoms with Crippen LogP contribution in [-0.2, 0) is 6.61 Å². The lowest BCUT2D eigenvalue weighted by Gasteiger charge is -2.43. The lowest BCUT2D eigenvalue weighted by molar-refractivity contribution is 0.202. The maximum atomic E-state index is 9.28. The zero-order chi connectivity index (χ0) is 13.4. The van der Waals surface area contributed by atoms with Gasteiger partial charge in [-0.05, 0) is 38.4 Å². The third-order valence-electron chi connectivity index (χ3n) is 4.29. The Morgan fingerprint density at radius 1 is 1.42 bits per heavy atom. The second-order valence-corrected chi connectivity index (χ2v) is 5.96. The molecule has 5 heteroatoms. The van der Waals surface area contributed by atoms with Crippen LogP contribution < -0.4 is 4.90 Å². The van der Waals surface area contributed by atoms with E-state index >= 15 is 0 Å². The molecule has 3 heterocycles. The van der Waals surface area contributed by atoms with Crippen LogP contribution in [0.15, 0.2) is 12.1 Å². The molecule has 2 aliphatic rings. The number of rotatable bonds is 2. The minimum absolute atomic E-state index is 0.107. The van der Waals surface area contributed by atoms with E-state index < -0.39 is 0 Å². The fraction of sp³-hybridized carbons (Fsp3) is 0.643. The molecule has 0 amide bonds. The number of nitrogens with zero attached hydrogens (tertiary/aromatic N) is 3. The van der Waals surface area contributed by atoms with Gasteiger partial charge in [-0.15, -0.1) is 0 Å². The van der Waals surface area contributed by atoms with E-state index in [1.54, 1.807) is 0 Å². The van der Waals surface area contributed by atoms with E-state index in [1.807, 2.05) is 12.1 Å². The van der Waals surface area contributed by atoms with Crippen LogP contribution in [0.3, 0.4) is 0 Å². The average Bonchev–Trinajstić information content (AvgIpc) is 2.85. The van der Waals surface area contributed by atoms with Gasteiger partial charge in [0.15, 0.2) is 0 Å². The summed E-state index contributed by atoms with van der Waals surface area (Å²) in [6, 6.07) is 4.91. The van der Waals surface area contributed by atoms with Crippen molar-refractivity contribution < 1.29 is 5.11 Å². The Kier molecular flexibility index (Phi) is 3.65. The molecule has 1 aromatic heterocycles. The van der Waals surface area contributed by atoms with Crippen molar-refractivity contribution in [2.45, 2.75) is 38.5 Å². The number of halogens is 1. The molecule has 2 saturated heterocycles. The van der Waals surface area contributed by atoms with Gasteiger partial charge in [0, 0.05) is 25.2 Å². The second kappa shape index (κ2) is 5.27. The van der Waals surface area contributed by atoms with Crippen molar-refractivity contribution in [2.24, 2.45) is 0 Å². The molecule has 2 fully saturated rings. The van der Waals surface area contributed by atoms with Gasteiger partial charge in [-0.2, -0.15) is 0 Å². The summed E-state index contributed by atoms with van der Waals surface area (Å²) >= 11 is 6.01. The van der Waals surface area contributed by atoms with Crippen LogP contribution in [0, 0.1) is 0 Å². The fourth-order valence-corrected chi connectivity index (χ4v) is 3.42. The molecule has 0 bridgehead atoms. The van der Waals surface area contributed by atoms with E-state index in [4.69, 9.17) is 11.6 Å². The molecule has 1 N–H and O–H groups in total. The van der Waals surface area contributed by atoms with E-state index in [0.29, 0.717) is 22.8 Å². The molecular formula is C14H20ClN3O. The Morgan fingerprint density at radius 2 is 2.26 bits per heavy atom. The van der Waals surface area contributed by atoms with Gasteiger partial charge in [0.2, 0.25) is 0 Å². The Morgan fingerprint density at radius 3 is 3.05 bits per heavy atom. The predicted molar refractivity (Wildman–Crippen MR) is 76.6 cm³/mol. The molecule has 0 spiro atoms. The first-order valence-corrected chi connectivity index (χ1v) is 7.34. The van der Waals surface area contributed by atoms with Crippen LogP contribution in [0.1, 0.15) is 25.5 Å². The van der Waals surface area contributed by atoms with E-state index in [1.165, 1.54) is 19.4 Å². The summed E-state index contributed by atoms with van der Waals surface area (Å²) in [6.45, 7) is 5.50. The Balaban J connectivity index is 1.84. The smallest absolute Gasteiger partial charge is 0.129 e. The number of hydrogen-bond acceptors (Lipinski definition) is 4. The van der Waals surface area contributed by atoms with E-state index in [0.717, 1.165) is 18.9 Å². The molecule has 19 heavy (non-hydrogen) atoms. The fourth-order valence-electron chi connectivity index (χ4n) is 3.25. The van der Waals surface area contributed by atoms with Crippen LogP contribution >= 0.6 is 11.6 Å². The van der Waals surface area contributed by atoms with E-state index in [2.05, 4.69) is 21.7 Å². The summed E-state index contributed by atoms with van der Waals surface area (Å²) in [5, 5.41) is 9.82. The van der Waals surface area contributed by atoms with Gasteiger partial charge in [0.25, 0.3) is 0 Å². The van der Waals surface area contributed by atoms with Gasteiger partial charge < -0.3 is 10.0 Å². The zero-order valence-corrected chi connectivity index (χ0v) is 12.0. The maximum Gasteiger partial charge on any atom is 0.129 e. The molecule has 4 nitrogen and oxygen atoms in total. The standard InChI is InChI=1S/C14H20ClN3O/c1-10-7-17-6-2-3-11(17)8-18(10)14-5-4-12(15)13(9-19)16-14/h4-5,10-11,19H,2-3,6-9H2,1H3. The highest BCUT2D eigenvalue weighted by atomic mass is 35.5. The highest BCUT2D eigenvalue weighted by Crippen LogP contribution is 2.28. The molecule has 2 aliphatic heterocycles. The quantitative estimate of drug-likeness (QED) is 0.899. The average molecular weight is 282 g/mol. The van der Waals surface area contributed by atoms with Gasteiger partial charge in [-0.1, -0.05) is 11.6 Å². The van der Waals surface area contributed by atoms with Gasteiger partial charge in [-0.25, -0.2) is 4.98 Å². The number of piperazine rings is 1. The molecule has 2 unspecified atom stereocenters. The van der Waals surface area contributed by atoms with Crippen LogP contribution in [0.4, 0.5) is 5.82 Å². The second-order valence-electron chi connectivity index (χ2n) is 5.55. The number of aromatic nitrogens is 1. The summed E-state index contributed by atoms with van der Waals surface area (Å²) in [7, 11) is 0. The number of anilines is 1. The Labute approximate surface area is 119 Å². The summed E-state index contributed by atoms with van der Waals surface area (Å²) in [4.78, 5) is 9.44. The topological polar surface area (TPSA) is 39.6 Å². The zero-order valence-electron chi connectivity index (χ0n) is 11.2. The lowest BCUT2D eigenvalue weighted by atomic mass is 10.1. The van der Waals surface area contributed by atoms with E-state index in [9.17, 15) is 5.11 Å². The van der Waals surface area contributed by atoms with Crippen molar-refractivity contribution in [3.8, 4) is 0 Å². The van der Waals surface area contributed by atoms with Crippen LogP contribution in [0.5, 0.6) is 0 Å². The highest BCUT2D eigenvalue weighted by molar-refractivity contribution is 6.31. The monoisotopic (exact) mass is 281 g/mol. The third-order valence-corrected chi connectivity index (χ3v) is 4.63. The van der Waals surface area contributed by atoms with Crippen molar-refractivity contribution in [2.75, 3.05) is 24.5 Å². The van der Waals surface area contributed by atoms with Crippen LogP contribution in [-0.4, -0.2) is 46.7 Å². The summed E-state index contributed by atoms with van der Waals surface area (Å²) in [6.07, 6.45) is 2.59. The summed E-state index contributed by atoms with van der Waals surface area (Å²) < 4.78 is 0. The van der Waals surface area contributed by atoms with Crippen LogP contribution in [0.25, 0.3) is 0 Å². The van der Waals surface area contributed by atoms with Gasteiger partial charge in [0.1, 0.15) is 5.82 Å². The van der Waals surface area contributed by atoms with Crippen molar-refractivity contribution in [1.29, 1.82) is 0 Å². The first kappa shape index (κ1) is 13.2. The third kappa shape index (κ3) is 2.45. The normalized spacial score (nSPS) is 27.6. The van der Waals surface area contributed by atoms with Crippen molar-refractivity contribution in [3.63, 3.8) is 0 Å². The number of pyridine rings is 1. The lowest BCUT2D eigenvalue weighted by Crippen LogP contribution is -2.55. The van der Waals surface area contributed by atoms with Crippen molar-refractivity contribution in [3.05, 3.63) is 22.8 Å². The first-order valence-electron chi connectivity index (χ1n) is 6.96. The Hall–Kier alpha value is -0.840. The largest absolute Gasteiger partial charge is 0.390 e. The van der Waals surface area contributed by atoms with Gasteiger partial charge >= 0.3 is 0 Å². The van der Waals surface area contributed by atoms with Crippen molar-refractivity contribution in [1.82, 2.24) is 9.88 Å². The molecule has 1 aromatic rings. The Bertz CT molecular complexity index is 468. The molecule has 0 saturated carbocycles. The predicted octanol–water partition coefficient (Wildman–Crippen LogP) is 1.90. The molecule has 0 aromatic carbocycles. The minimum atomic E-state index is -0.107. The van der Waals surface area contributed by atoms with Crippen molar-refractivity contribution >= 4 is 17.4 Å². The molecular weight excluding hydrogens is 262 g/mol. The SMILES string of the molecule is CC1CN2CCCC2CN1c1ccc(Cl)c(CO)n1. The maximum absolute atomic E-state index is 9.28. The number of hydrogen-bond donors (Lipinski definition) is 1. The number of fused-ring (bicyclic) bond motifs is 1. The first-order chi connectivity index (χ1) is 9.19. The van der Waals surface area contributed by atoms with Gasteiger partial charge in [-0.3, -0.25) is 4.90 Å².